The zero-order valence-electron chi connectivity index (χ0n) is 6.87. The van der Waals surface area contributed by atoms with Crippen LogP contribution in [0.2, 0.25) is 0 Å². The number of pyridine rings is 1. The van der Waals surface area contributed by atoms with Crippen LogP contribution in [0.1, 0.15) is 0 Å². The van der Waals surface area contributed by atoms with Gasteiger partial charge in [0.15, 0.2) is 5.76 Å². The molecule has 2 heterocycles. The predicted octanol–water partition coefficient (Wildman–Crippen LogP) is 2.22. The molecular formula is C8H5BrFN3O. The van der Waals surface area contributed by atoms with Crippen molar-refractivity contribution in [1.29, 1.82) is 0 Å². The lowest BCUT2D eigenvalue weighted by atomic mass is 10.2. The number of oxazole rings is 1. The Hall–Kier alpha value is -1.43. The summed E-state index contributed by atoms with van der Waals surface area (Å²) in [5.41, 5.74) is 5.50. The molecule has 14 heavy (non-hydrogen) atoms. The molecule has 0 aliphatic carbocycles. The molecule has 0 bridgehead atoms. The highest BCUT2D eigenvalue weighted by molar-refractivity contribution is 9.10. The molecule has 2 N–H and O–H groups in total. The van der Waals surface area contributed by atoms with E-state index >= 15 is 0 Å². The number of rotatable bonds is 1. The smallest absolute Gasteiger partial charge is 0.292 e. The summed E-state index contributed by atoms with van der Waals surface area (Å²) in [5.74, 6) is -0.363. The van der Waals surface area contributed by atoms with Crippen molar-refractivity contribution >= 4 is 21.9 Å². The quantitative estimate of drug-likeness (QED) is 0.796. The average molecular weight is 258 g/mol. The number of hydrogen-bond donors (Lipinski definition) is 1. The summed E-state index contributed by atoms with van der Waals surface area (Å²) < 4.78 is 18.8. The molecule has 0 fully saturated rings. The van der Waals surface area contributed by atoms with Gasteiger partial charge in [0.25, 0.3) is 6.01 Å². The lowest BCUT2D eigenvalue weighted by molar-refractivity contribution is 0.561. The highest BCUT2D eigenvalue weighted by Gasteiger charge is 2.11. The molecule has 0 atom stereocenters. The molecule has 2 rings (SSSR count). The van der Waals surface area contributed by atoms with Gasteiger partial charge in [-0.1, -0.05) is 0 Å². The Morgan fingerprint density at radius 3 is 2.79 bits per heavy atom. The Kier molecular flexibility index (Phi) is 2.20. The number of aromatic nitrogens is 2. The van der Waals surface area contributed by atoms with Crippen molar-refractivity contribution in [3.8, 4) is 11.3 Å². The molecule has 0 saturated heterocycles. The molecular weight excluding hydrogens is 253 g/mol. The topological polar surface area (TPSA) is 64.9 Å². The predicted molar refractivity (Wildman–Crippen MR) is 51.8 cm³/mol. The second-order valence-corrected chi connectivity index (χ2v) is 3.47. The summed E-state index contributed by atoms with van der Waals surface area (Å²) in [5, 5.41) is 0. The van der Waals surface area contributed by atoms with E-state index in [1.165, 1.54) is 12.4 Å². The van der Waals surface area contributed by atoms with Crippen LogP contribution in [0.25, 0.3) is 11.3 Å². The lowest BCUT2D eigenvalue weighted by Gasteiger charge is -1.97. The maximum atomic E-state index is 13.2. The summed E-state index contributed by atoms with van der Waals surface area (Å²) in [6.45, 7) is 0. The minimum absolute atomic E-state index is 0.000578. The number of nitrogens with two attached hydrogens (primary N) is 1. The normalized spacial score (nSPS) is 10.4. The van der Waals surface area contributed by atoms with Gasteiger partial charge >= 0.3 is 0 Å². The first-order valence-corrected chi connectivity index (χ1v) is 4.49. The van der Waals surface area contributed by atoms with Crippen molar-refractivity contribution in [2.24, 2.45) is 0 Å². The fraction of sp³-hybridized carbons (Fsp3) is 0. The summed E-state index contributed by atoms with van der Waals surface area (Å²) >= 11 is 3.18. The van der Waals surface area contributed by atoms with Crippen molar-refractivity contribution in [3.05, 3.63) is 28.9 Å². The molecule has 0 aliphatic heterocycles. The van der Waals surface area contributed by atoms with Crippen LogP contribution < -0.4 is 5.73 Å². The molecule has 0 saturated carbocycles. The summed E-state index contributed by atoms with van der Waals surface area (Å²) in [6, 6.07) is 1.54. The first kappa shape index (κ1) is 9.14. The molecule has 0 aromatic carbocycles. The molecule has 0 aliphatic rings. The van der Waals surface area contributed by atoms with Crippen LogP contribution in [-0.2, 0) is 0 Å². The van der Waals surface area contributed by atoms with E-state index in [0.717, 1.165) is 0 Å². The van der Waals surface area contributed by atoms with Gasteiger partial charge < -0.3 is 10.2 Å². The van der Waals surface area contributed by atoms with E-state index < -0.39 is 5.95 Å². The first-order chi connectivity index (χ1) is 6.66. The molecule has 0 amide bonds. The summed E-state index contributed by atoms with van der Waals surface area (Å²) in [4.78, 5) is 7.19. The molecule has 2 aromatic heterocycles. The first-order valence-electron chi connectivity index (χ1n) is 3.69. The van der Waals surface area contributed by atoms with Crippen molar-refractivity contribution in [3.63, 3.8) is 0 Å². The van der Waals surface area contributed by atoms with Crippen LogP contribution in [0, 0.1) is 5.95 Å². The van der Waals surface area contributed by atoms with Gasteiger partial charge in [0.2, 0.25) is 5.95 Å². The minimum Gasteiger partial charge on any atom is -0.424 e. The van der Waals surface area contributed by atoms with E-state index in [0.29, 0.717) is 4.47 Å². The lowest BCUT2D eigenvalue weighted by Crippen LogP contribution is -1.87. The van der Waals surface area contributed by atoms with Gasteiger partial charge in [0.1, 0.15) is 0 Å². The number of anilines is 1. The minimum atomic E-state index is -0.621. The summed E-state index contributed by atoms with van der Waals surface area (Å²) in [6.07, 6.45) is 2.71. The van der Waals surface area contributed by atoms with Gasteiger partial charge in [0, 0.05) is 10.7 Å². The monoisotopic (exact) mass is 257 g/mol. The Morgan fingerprint density at radius 2 is 2.14 bits per heavy atom. The molecule has 4 nitrogen and oxygen atoms in total. The molecule has 0 radical (unpaired) electrons. The molecule has 72 valence electrons. The van der Waals surface area contributed by atoms with Gasteiger partial charge in [-0.3, -0.25) is 0 Å². The average Bonchev–Trinajstić information content (AvgIpc) is 2.56. The highest BCUT2D eigenvalue weighted by Crippen LogP contribution is 2.25. The largest absolute Gasteiger partial charge is 0.424 e. The zero-order valence-corrected chi connectivity index (χ0v) is 8.45. The maximum Gasteiger partial charge on any atom is 0.292 e. The van der Waals surface area contributed by atoms with Gasteiger partial charge in [-0.15, -0.1) is 0 Å². The highest BCUT2D eigenvalue weighted by atomic mass is 79.9. The Balaban J connectivity index is 2.55. The van der Waals surface area contributed by atoms with Crippen LogP contribution >= 0.6 is 15.9 Å². The van der Waals surface area contributed by atoms with E-state index in [4.69, 9.17) is 10.2 Å². The fourth-order valence-corrected chi connectivity index (χ4v) is 1.34. The van der Waals surface area contributed by atoms with Gasteiger partial charge in [-0.2, -0.15) is 4.39 Å². The van der Waals surface area contributed by atoms with Crippen molar-refractivity contribution in [2.45, 2.75) is 0 Å². The Bertz CT molecular complexity index is 471. The fourth-order valence-electron chi connectivity index (χ4n) is 1.01. The second kappa shape index (κ2) is 3.38. The van der Waals surface area contributed by atoms with Crippen LogP contribution in [0.4, 0.5) is 10.4 Å². The third-order valence-corrected chi connectivity index (χ3v) is 2.03. The number of hydrogen-bond acceptors (Lipinski definition) is 4. The standard InChI is InChI=1S/C8H5BrFN3O/c9-4-1-5(7(10)12-2-4)6-3-13-8(11)14-6/h1-3H,(H2,11,13). The number of halogens is 2. The van der Waals surface area contributed by atoms with E-state index in [2.05, 4.69) is 25.9 Å². The molecule has 2 aromatic rings. The van der Waals surface area contributed by atoms with E-state index in [1.807, 2.05) is 0 Å². The van der Waals surface area contributed by atoms with Crippen LogP contribution in [-0.4, -0.2) is 9.97 Å². The van der Waals surface area contributed by atoms with Crippen LogP contribution in [0.3, 0.4) is 0 Å². The zero-order chi connectivity index (χ0) is 10.1. The van der Waals surface area contributed by atoms with Crippen LogP contribution in [0.5, 0.6) is 0 Å². The molecule has 6 heteroatoms. The number of nitrogen functional groups attached to an aromatic ring is 1. The van der Waals surface area contributed by atoms with E-state index in [1.54, 1.807) is 6.07 Å². The third kappa shape index (κ3) is 1.60. The van der Waals surface area contributed by atoms with Crippen LogP contribution in [0.15, 0.2) is 27.3 Å². The third-order valence-electron chi connectivity index (χ3n) is 1.59. The van der Waals surface area contributed by atoms with Crippen molar-refractivity contribution in [2.75, 3.05) is 5.73 Å². The van der Waals surface area contributed by atoms with E-state index in [-0.39, 0.29) is 17.3 Å². The molecule has 0 spiro atoms. The SMILES string of the molecule is Nc1ncc(-c2cc(Br)cnc2F)o1. The van der Waals surface area contributed by atoms with Gasteiger partial charge in [-0.05, 0) is 22.0 Å². The van der Waals surface area contributed by atoms with Gasteiger partial charge in [-0.25, -0.2) is 9.97 Å². The molecule has 0 unspecified atom stereocenters. The summed E-state index contributed by atoms with van der Waals surface area (Å²) in [7, 11) is 0. The second-order valence-electron chi connectivity index (χ2n) is 2.55. The Morgan fingerprint density at radius 1 is 1.36 bits per heavy atom. The van der Waals surface area contributed by atoms with E-state index in [9.17, 15) is 4.39 Å². The maximum absolute atomic E-state index is 13.2. The Labute approximate surface area is 87.1 Å². The number of nitrogens with zero attached hydrogens (tertiary/aromatic N) is 2. The van der Waals surface area contributed by atoms with Gasteiger partial charge in [0.05, 0.1) is 11.8 Å². The van der Waals surface area contributed by atoms with Crippen molar-refractivity contribution in [1.82, 2.24) is 9.97 Å². The van der Waals surface area contributed by atoms with Crippen molar-refractivity contribution < 1.29 is 8.81 Å².